The van der Waals surface area contributed by atoms with Gasteiger partial charge in [-0.3, -0.25) is 4.57 Å². The SMILES string of the molecule is Cc1cccc2c1nc(CCl)n2-c1ccc(F)c(C#N)c1. The van der Waals surface area contributed by atoms with E-state index in [2.05, 4.69) is 4.98 Å². The normalized spacial score (nSPS) is 10.8. The van der Waals surface area contributed by atoms with Gasteiger partial charge in [0.15, 0.2) is 0 Å². The fraction of sp³-hybridized carbons (Fsp3) is 0.125. The number of alkyl halides is 1. The Balaban J connectivity index is 2.34. The molecule has 104 valence electrons. The molecule has 3 aromatic rings. The lowest BCUT2D eigenvalue weighted by atomic mass is 10.2. The Labute approximate surface area is 126 Å². The molecule has 0 amide bonds. The highest BCUT2D eigenvalue weighted by atomic mass is 35.5. The van der Waals surface area contributed by atoms with E-state index in [1.807, 2.05) is 35.8 Å². The molecular weight excluding hydrogens is 289 g/mol. The van der Waals surface area contributed by atoms with Gasteiger partial charge in [-0.15, -0.1) is 11.6 Å². The summed E-state index contributed by atoms with van der Waals surface area (Å²) >= 11 is 5.99. The minimum atomic E-state index is -0.533. The summed E-state index contributed by atoms with van der Waals surface area (Å²) in [6.07, 6.45) is 0. The summed E-state index contributed by atoms with van der Waals surface area (Å²) in [7, 11) is 0. The van der Waals surface area contributed by atoms with Crippen molar-refractivity contribution in [3.63, 3.8) is 0 Å². The van der Waals surface area contributed by atoms with Crippen molar-refractivity contribution >= 4 is 22.6 Å². The third-order valence-electron chi connectivity index (χ3n) is 3.40. The standard InChI is InChI=1S/C16H11ClFN3/c1-10-3-2-4-14-16(10)20-15(8-17)21(14)12-5-6-13(18)11(7-12)9-19/h2-7H,8H2,1H3. The van der Waals surface area contributed by atoms with Gasteiger partial charge in [-0.25, -0.2) is 9.37 Å². The summed E-state index contributed by atoms with van der Waals surface area (Å²) in [6, 6.07) is 12.1. The topological polar surface area (TPSA) is 41.6 Å². The van der Waals surface area contributed by atoms with Crippen molar-refractivity contribution in [2.45, 2.75) is 12.8 Å². The van der Waals surface area contributed by atoms with E-state index in [0.717, 1.165) is 16.6 Å². The van der Waals surface area contributed by atoms with Crippen LogP contribution in [0.5, 0.6) is 0 Å². The van der Waals surface area contributed by atoms with Crippen LogP contribution in [0.25, 0.3) is 16.7 Å². The Morgan fingerprint density at radius 3 is 2.86 bits per heavy atom. The molecule has 3 nitrogen and oxygen atoms in total. The van der Waals surface area contributed by atoms with Gasteiger partial charge in [-0.05, 0) is 36.8 Å². The molecule has 0 spiro atoms. The second-order valence-electron chi connectivity index (χ2n) is 4.72. The van der Waals surface area contributed by atoms with Gasteiger partial charge < -0.3 is 0 Å². The Morgan fingerprint density at radius 2 is 2.14 bits per heavy atom. The number of aromatic nitrogens is 2. The van der Waals surface area contributed by atoms with E-state index in [1.165, 1.54) is 12.1 Å². The molecule has 0 N–H and O–H groups in total. The number of nitriles is 1. The molecule has 5 heteroatoms. The number of imidazole rings is 1. The third-order valence-corrected chi connectivity index (χ3v) is 3.64. The third kappa shape index (κ3) is 2.16. The number of fused-ring (bicyclic) bond motifs is 1. The first-order valence-corrected chi connectivity index (χ1v) is 6.92. The minimum Gasteiger partial charge on any atom is -0.295 e. The van der Waals surface area contributed by atoms with E-state index in [4.69, 9.17) is 16.9 Å². The molecule has 0 aliphatic heterocycles. The van der Waals surface area contributed by atoms with E-state index in [-0.39, 0.29) is 11.4 Å². The number of hydrogen-bond donors (Lipinski definition) is 0. The van der Waals surface area contributed by atoms with Crippen molar-refractivity contribution in [3.8, 4) is 11.8 Å². The van der Waals surface area contributed by atoms with Gasteiger partial charge in [0.25, 0.3) is 0 Å². The predicted molar refractivity (Wildman–Crippen MR) is 80.0 cm³/mol. The van der Waals surface area contributed by atoms with Crippen LogP contribution in [0.15, 0.2) is 36.4 Å². The molecule has 0 bridgehead atoms. The zero-order chi connectivity index (χ0) is 15.0. The maximum Gasteiger partial charge on any atom is 0.141 e. The van der Waals surface area contributed by atoms with E-state index in [1.54, 1.807) is 6.07 Å². The van der Waals surface area contributed by atoms with Gasteiger partial charge in [-0.1, -0.05) is 12.1 Å². The van der Waals surface area contributed by atoms with Crippen LogP contribution in [0.3, 0.4) is 0 Å². The van der Waals surface area contributed by atoms with Gasteiger partial charge in [0, 0.05) is 5.69 Å². The maximum absolute atomic E-state index is 13.5. The van der Waals surface area contributed by atoms with Crippen LogP contribution in [0.4, 0.5) is 4.39 Å². The van der Waals surface area contributed by atoms with E-state index in [0.29, 0.717) is 11.5 Å². The molecule has 0 unspecified atom stereocenters. The summed E-state index contributed by atoms with van der Waals surface area (Å²) in [4.78, 5) is 4.54. The number of halogens is 2. The van der Waals surface area contributed by atoms with Crippen LogP contribution >= 0.6 is 11.6 Å². The lowest BCUT2D eigenvalue weighted by molar-refractivity contribution is 0.623. The summed E-state index contributed by atoms with van der Waals surface area (Å²) in [5.74, 6) is 0.360. The largest absolute Gasteiger partial charge is 0.295 e. The van der Waals surface area contributed by atoms with Crippen LogP contribution in [-0.2, 0) is 5.88 Å². The molecule has 0 aliphatic carbocycles. The molecule has 2 aromatic carbocycles. The molecule has 21 heavy (non-hydrogen) atoms. The van der Waals surface area contributed by atoms with Crippen molar-refractivity contribution in [2.24, 2.45) is 0 Å². The highest BCUT2D eigenvalue weighted by Gasteiger charge is 2.14. The Hall–Kier alpha value is -2.38. The number of para-hydroxylation sites is 1. The molecule has 0 saturated carbocycles. The maximum atomic E-state index is 13.5. The summed E-state index contributed by atoms with van der Waals surface area (Å²) < 4.78 is 15.4. The van der Waals surface area contributed by atoms with Gasteiger partial charge in [0.1, 0.15) is 17.7 Å². The lowest BCUT2D eigenvalue weighted by Crippen LogP contribution is -2.00. The number of hydrogen-bond acceptors (Lipinski definition) is 2. The van der Waals surface area contributed by atoms with Gasteiger partial charge >= 0.3 is 0 Å². The zero-order valence-electron chi connectivity index (χ0n) is 11.3. The minimum absolute atomic E-state index is 0.00234. The van der Waals surface area contributed by atoms with E-state index >= 15 is 0 Å². The summed E-state index contributed by atoms with van der Waals surface area (Å²) in [5, 5.41) is 8.98. The Morgan fingerprint density at radius 1 is 1.33 bits per heavy atom. The Bertz CT molecular complexity index is 877. The van der Waals surface area contributed by atoms with Crippen molar-refractivity contribution < 1.29 is 4.39 Å². The van der Waals surface area contributed by atoms with Crippen LogP contribution in [0.2, 0.25) is 0 Å². The smallest absolute Gasteiger partial charge is 0.141 e. The first kappa shape index (κ1) is 13.6. The predicted octanol–water partition coefficient (Wildman–Crippen LogP) is 4.08. The molecule has 0 atom stereocenters. The van der Waals surface area contributed by atoms with Gasteiger partial charge in [-0.2, -0.15) is 5.26 Å². The monoisotopic (exact) mass is 299 g/mol. The van der Waals surface area contributed by atoms with Crippen molar-refractivity contribution in [2.75, 3.05) is 0 Å². The fourth-order valence-electron chi connectivity index (χ4n) is 2.40. The summed E-state index contributed by atoms with van der Waals surface area (Å²) in [5.41, 5.74) is 3.47. The van der Waals surface area contributed by atoms with Crippen LogP contribution in [0.1, 0.15) is 17.0 Å². The molecule has 0 radical (unpaired) electrons. The second kappa shape index (κ2) is 5.19. The quantitative estimate of drug-likeness (QED) is 0.669. The molecular formula is C16H11ClFN3. The van der Waals surface area contributed by atoms with Gasteiger partial charge in [0.2, 0.25) is 0 Å². The first-order valence-electron chi connectivity index (χ1n) is 6.38. The molecule has 0 saturated heterocycles. The Kier molecular flexibility index (Phi) is 3.36. The molecule has 0 fully saturated rings. The number of rotatable bonds is 2. The number of nitrogens with zero attached hydrogens (tertiary/aromatic N) is 3. The number of benzene rings is 2. The van der Waals surface area contributed by atoms with Crippen molar-refractivity contribution in [1.82, 2.24) is 9.55 Å². The average Bonchev–Trinajstić information content (AvgIpc) is 2.88. The first-order chi connectivity index (χ1) is 10.2. The van der Waals surface area contributed by atoms with Crippen molar-refractivity contribution in [1.29, 1.82) is 5.26 Å². The van der Waals surface area contributed by atoms with Gasteiger partial charge in [0.05, 0.1) is 22.5 Å². The zero-order valence-corrected chi connectivity index (χ0v) is 12.0. The summed E-state index contributed by atoms with van der Waals surface area (Å²) in [6.45, 7) is 1.98. The number of aryl methyl sites for hydroxylation is 1. The molecule has 0 aliphatic rings. The van der Waals surface area contributed by atoms with Crippen LogP contribution in [0, 0.1) is 24.1 Å². The molecule has 1 aromatic heterocycles. The molecule has 3 rings (SSSR count). The average molecular weight is 300 g/mol. The fourth-order valence-corrected chi connectivity index (χ4v) is 2.58. The second-order valence-corrected chi connectivity index (χ2v) is 4.98. The van der Waals surface area contributed by atoms with Crippen LogP contribution in [-0.4, -0.2) is 9.55 Å². The highest BCUT2D eigenvalue weighted by Crippen LogP contribution is 2.25. The van der Waals surface area contributed by atoms with Crippen molar-refractivity contribution in [3.05, 3.63) is 59.2 Å². The lowest BCUT2D eigenvalue weighted by Gasteiger charge is -2.08. The van der Waals surface area contributed by atoms with E-state index in [9.17, 15) is 4.39 Å². The van der Waals surface area contributed by atoms with E-state index < -0.39 is 5.82 Å². The molecule has 1 heterocycles. The van der Waals surface area contributed by atoms with Crippen LogP contribution < -0.4 is 0 Å². The highest BCUT2D eigenvalue weighted by molar-refractivity contribution is 6.17.